The number of aromatic amines is 1. The number of sulfonamides is 1. The first kappa shape index (κ1) is 19.7. The molecule has 0 amide bonds. The summed E-state index contributed by atoms with van der Waals surface area (Å²) in [6, 6.07) is 4.65. The van der Waals surface area contributed by atoms with Gasteiger partial charge in [-0.1, -0.05) is 19.1 Å². The maximum absolute atomic E-state index is 13.5. The topological polar surface area (TPSA) is 89.6 Å². The van der Waals surface area contributed by atoms with Crippen molar-refractivity contribution in [3.63, 3.8) is 0 Å². The van der Waals surface area contributed by atoms with Crippen molar-refractivity contribution in [1.82, 2.24) is 20.0 Å². The highest BCUT2D eigenvalue weighted by Crippen LogP contribution is 2.38. The summed E-state index contributed by atoms with van der Waals surface area (Å²) in [5.41, 5.74) is 3.64. The third-order valence-electron chi connectivity index (χ3n) is 5.83. The number of aromatic nitrogens is 1. The molecule has 2 aromatic rings. The monoisotopic (exact) mass is 417 g/mol. The zero-order valence-electron chi connectivity index (χ0n) is 16.5. The number of fused-ring (bicyclic) bond motifs is 1. The molecule has 9 heteroatoms. The number of hydrazone groups is 1. The molecule has 1 aromatic heterocycles. The summed E-state index contributed by atoms with van der Waals surface area (Å²) in [6.45, 7) is 4.07. The average molecular weight is 418 g/mol. The van der Waals surface area contributed by atoms with Gasteiger partial charge in [-0.05, 0) is 43.2 Å². The molecule has 29 heavy (non-hydrogen) atoms. The van der Waals surface area contributed by atoms with E-state index in [0.717, 1.165) is 16.5 Å². The van der Waals surface area contributed by atoms with Crippen molar-refractivity contribution in [3.8, 4) is 0 Å². The number of hydrogen-bond donors (Lipinski definition) is 3. The first-order valence-corrected chi connectivity index (χ1v) is 10.8. The Morgan fingerprint density at radius 1 is 1.34 bits per heavy atom. The van der Waals surface area contributed by atoms with E-state index in [4.69, 9.17) is 0 Å². The SMILES string of the molecule is CN1C=NNC1(C)CNS(=O)(=O)C1=CCC(C)(c2c[nH]c3cc(F)ccc23)C=C1. The van der Waals surface area contributed by atoms with Crippen LogP contribution in [0.15, 0.2) is 52.6 Å². The molecule has 154 valence electrons. The fourth-order valence-electron chi connectivity index (χ4n) is 3.63. The molecule has 0 spiro atoms. The summed E-state index contributed by atoms with van der Waals surface area (Å²) in [6.07, 6.45) is 9.27. The Hall–Kier alpha value is -2.65. The highest BCUT2D eigenvalue weighted by molar-refractivity contribution is 7.93. The lowest BCUT2D eigenvalue weighted by molar-refractivity contribution is 0.215. The van der Waals surface area contributed by atoms with Crippen LogP contribution < -0.4 is 10.1 Å². The van der Waals surface area contributed by atoms with E-state index in [0.29, 0.717) is 6.42 Å². The second-order valence-electron chi connectivity index (χ2n) is 8.02. The second kappa shape index (κ2) is 6.70. The number of allylic oxidation sites excluding steroid dienone is 3. The number of hydrogen-bond acceptors (Lipinski definition) is 5. The van der Waals surface area contributed by atoms with Gasteiger partial charge in [-0.25, -0.2) is 17.5 Å². The Morgan fingerprint density at radius 2 is 2.14 bits per heavy atom. The number of likely N-dealkylation sites (N-methyl/N-ethyl adjacent to an activating group) is 1. The van der Waals surface area contributed by atoms with Gasteiger partial charge in [-0.3, -0.25) is 5.43 Å². The third-order valence-corrected chi connectivity index (χ3v) is 7.28. The molecule has 0 fully saturated rings. The van der Waals surface area contributed by atoms with Crippen molar-refractivity contribution >= 4 is 27.3 Å². The van der Waals surface area contributed by atoms with Crippen LogP contribution in [0.2, 0.25) is 0 Å². The second-order valence-corrected chi connectivity index (χ2v) is 9.79. The summed E-state index contributed by atoms with van der Waals surface area (Å²) >= 11 is 0. The van der Waals surface area contributed by atoms with Crippen molar-refractivity contribution in [1.29, 1.82) is 0 Å². The number of halogens is 1. The van der Waals surface area contributed by atoms with Gasteiger partial charge in [-0.15, -0.1) is 0 Å². The zero-order valence-corrected chi connectivity index (χ0v) is 17.3. The number of H-pyrrole nitrogens is 1. The minimum absolute atomic E-state index is 0.169. The van der Waals surface area contributed by atoms with Crippen LogP contribution in [0.3, 0.4) is 0 Å². The standard InChI is InChI=1S/C20H24FN5O2S/c1-19(17-11-22-18-10-14(21)4-5-16(17)18)8-6-15(7-9-19)29(27,28)24-12-20(2)25-23-13-26(20)3/h4-8,10-11,13,22,24-25H,9,12H2,1-3H3. The molecule has 4 rings (SSSR count). The summed E-state index contributed by atoms with van der Waals surface area (Å²) in [4.78, 5) is 5.16. The van der Waals surface area contributed by atoms with Crippen molar-refractivity contribution in [2.45, 2.75) is 31.3 Å². The minimum atomic E-state index is -3.65. The fraction of sp³-hybridized carbons (Fsp3) is 0.350. The van der Waals surface area contributed by atoms with Crippen molar-refractivity contribution < 1.29 is 12.8 Å². The Bertz CT molecular complexity index is 1150. The number of nitrogens with one attached hydrogen (secondary N) is 3. The van der Waals surface area contributed by atoms with Gasteiger partial charge < -0.3 is 9.88 Å². The first-order chi connectivity index (χ1) is 13.6. The predicted octanol–water partition coefficient (Wildman–Crippen LogP) is 2.52. The van der Waals surface area contributed by atoms with E-state index in [1.165, 1.54) is 12.1 Å². The van der Waals surface area contributed by atoms with Crippen molar-refractivity contribution in [2.75, 3.05) is 13.6 Å². The number of rotatable bonds is 5. The van der Waals surface area contributed by atoms with Crippen LogP contribution in [0.5, 0.6) is 0 Å². The van der Waals surface area contributed by atoms with Gasteiger partial charge in [0.05, 0.1) is 11.4 Å². The lowest BCUT2D eigenvalue weighted by Gasteiger charge is -2.32. The predicted molar refractivity (Wildman–Crippen MR) is 112 cm³/mol. The quantitative estimate of drug-likeness (QED) is 0.697. The molecule has 0 radical (unpaired) electrons. The van der Waals surface area contributed by atoms with Gasteiger partial charge in [0.15, 0.2) is 0 Å². The van der Waals surface area contributed by atoms with E-state index in [9.17, 15) is 12.8 Å². The van der Waals surface area contributed by atoms with Gasteiger partial charge in [0.25, 0.3) is 0 Å². The normalized spacial score (nSPS) is 26.8. The van der Waals surface area contributed by atoms with E-state index < -0.39 is 15.7 Å². The largest absolute Gasteiger partial charge is 0.361 e. The minimum Gasteiger partial charge on any atom is -0.361 e. The molecule has 1 aromatic carbocycles. The van der Waals surface area contributed by atoms with Gasteiger partial charge in [0.1, 0.15) is 17.8 Å². The molecule has 2 aliphatic rings. The van der Waals surface area contributed by atoms with Gasteiger partial charge in [0, 0.05) is 29.6 Å². The van der Waals surface area contributed by atoms with Crippen LogP contribution in [-0.4, -0.2) is 43.9 Å². The summed E-state index contributed by atoms with van der Waals surface area (Å²) in [5.74, 6) is -0.295. The van der Waals surface area contributed by atoms with Crippen LogP contribution in [0.25, 0.3) is 10.9 Å². The number of benzene rings is 1. The van der Waals surface area contributed by atoms with Crippen LogP contribution in [-0.2, 0) is 15.4 Å². The van der Waals surface area contributed by atoms with Crippen LogP contribution in [0.4, 0.5) is 4.39 Å². The summed E-state index contributed by atoms with van der Waals surface area (Å²) in [7, 11) is -1.83. The molecule has 0 saturated carbocycles. The molecule has 0 saturated heterocycles. The first-order valence-electron chi connectivity index (χ1n) is 9.33. The molecule has 7 nitrogen and oxygen atoms in total. The van der Waals surface area contributed by atoms with E-state index in [1.54, 1.807) is 24.6 Å². The zero-order chi connectivity index (χ0) is 20.9. The molecule has 1 aliphatic carbocycles. The summed E-state index contributed by atoms with van der Waals surface area (Å²) in [5, 5.41) is 4.90. The molecule has 3 N–H and O–H groups in total. The molecular formula is C20H24FN5O2S. The molecule has 2 heterocycles. The Balaban J connectivity index is 1.52. The highest BCUT2D eigenvalue weighted by Gasteiger charge is 2.34. The van der Waals surface area contributed by atoms with E-state index >= 15 is 0 Å². The maximum atomic E-state index is 13.5. The van der Waals surface area contributed by atoms with Gasteiger partial charge in [0.2, 0.25) is 10.0 Å². The van der Waals surface area contributed by atoms with E-state index in [-0.39, 0.29) is 22.7 Å². The summed E-state index contributed by atoms with van der Waals surface area (Å²) < 4.78 is 41.7. The van der Waals surface area contributed by atoms with Gasteiger partial charge >= 0.3 is 0 Å². The molecular weight excluding hydrogens is 393 g/mol. The third kappa shape index (κ3) is 3.44. The molecule has 1 aliphatic heterocycles. The molecule has 0 bridgehead atoms. The highest BCUT2D eigenvalue weighted by atomic mass is 32.2. The Morgan fingerprint density at radius 3 is 2.79 bits per heavy atom. The number of nitrogens with zero attached hydrogens (tertiary/aromatic N) is 2. The fourth-order valence-corrected chi connectivity index (χ4v) is 4.82. The molecule has 2 unspecified atom stereocenters. The lowest BCUT2D eigenvalue weighted by Crippen LogP contribution is -2.55. The van der Waals surface area contributed by atoms with Gasteiger partial charge in [-0.2, -0.15) is 5.10 Å². The molecule has 2 atom stereocenters. The Labute approximate surface area is 169 Å². The van der Waals surface area contributed by atoms with Crippen LogP contribution in [0, 0.1) is 5.82 Å². The lowest BCUT2D eigenvalue weighted by atomic mass is 9.77. The van der Waals surface area contributed by atoms with E-state index in [2.05, 4.69) is 20.2 Å². The smallest absolute Gasteiger partial charge is 0.240 e. The van der Waals surface area contributed by atoms with Crippen molar-refractivity contribution in [3.05, 3.63) is 58.9 Å². The van der Waals surface area contributed by atoms with E-state index in [1.807, 2.05) is 38.1 Å². The van der Waals surface area contributed by atoms with Crippen LogP contribution in [0.1, 0.15) is 25.8 Å². The average Bonchev–Trinajstić information content (AvgIpc) is 3.24. The Kier molecular flexibility index (Phi) is 4.54. The maximum Gasteiger partial charge on any atom is 0.240 e. The van der Waals surface area contributed by atoms with Crippen molar-refractivity contribution in [2.24, 2.45) is 5.10 Å². The van der Waals surface area contributed by atoms with Crippen LogP contribution >= 0.6 is 0 Å².